The fourth-order valence-corrected chi connectivity index (χ4v) is 2.48. The minimum Gasteiger partial charge on any atom is -0.347 e. The Labute approximate surface area is 135 Å². The second-order valence-electron chi connectivity index (χ2n) is 4.16. The first kappa shape index (κ1) is 15.0. The molecule has 2 aromatic rings. The second kappa shape index (κ2) is 7.41. The molecule has 0 aromatic heterocycles. The summed E-state index contributed by atoms with van der Waals surface area (Å²) in [4.78, 5) is 12.1. The largest absolute Gasteiger partial charge is 0.347 e. The Hall–Kier alpha value is -1.39. The van der Waals surface area contributed by atoms with Crippen molar-refractivity contribution in [1.82, 2.24) is 5.32 Å². The van der Waals surface area contributed by atoms with Gasteiger partial charge in [-0.25, -0.2) is 0 Å². The van der Waals surface area contributed by atoms with Gasteiger partial charge in [-0.3, -0.25) is 4.79 Å². The quantitative estimate of drug-likeness (QED) is 0.762. The molecule has 0 atom stereocenters. The molecule has 0 saturated heterocycles. The number of rotatable bonds is 4. The van der Waals surface area contributed by atoms with Gasteiger partial charge in [-0.05, 0) is 43.0 Å². The van der Waals surface area contributed by atoms with Gasteiger partial charge >= 0.3 is 0 Å². The van der Waals surface area contributed by atoms with Crippen LogP contribution in [0.25, 0.3) is 4.48 Å². The predicted octanol–water partition coefficient (Wildman–Crippen LogP) is 4.46. The van der Waals surface area contributed by atoms with Crippen molar-refractivity contribution in [3.63, 3.8) is 0 Å². The van der Waals surface area contributed by atoms with E-state index in [0.29, 0.717) is 11.0 Å². The number of carbonyl (C=O) groups excluding carboxylic acids is 1. The van der Waals surface area contributed by atoms with E-state index in [0.717, 1.165) is 15.6 Å². The number of hydrogen-bond donors (Lipinski definition) is 1. The van der Waals surface area contributed by atoms with E-state index < -0.39 is 0 Å². The average molecular weight is 395 g/mol. The highest BCUT2D eigenvalue weighted by molar-refractivity contribution is 9.16. The van der Waals surface area contributed by atoms with Crippen LogP contribution >= 0.6 is 31.9 Å². The first-order chi connectivity index (χ1) is 9.68. The van der Waals surface area contributed by atoms with Gasteiger partial charge < -0.3 is 5.32 Å². The minimum absolute atomic E-state index is 0.149. The number of benzene rings is 2. The van der Waals surface area contributed by atoms with Gasteiger partial charge in [0.15, 0.2) is 0 Å². The maximum Gasteiger partial charge on any atom is 0.259 e. The molecule has 2 rings (SSSR count). The summed E-state index contributed by atoms with van der Waals surface area (Å²) < 4.78 is 1.23. The summed E-state index contributed by atoms with van der Waals surface area (Å²) in [5, 5.41) is 2.88. The number of nitrogens with one attached hydrogen (secondary N) is 1. The monoisotopic (exact) mass is 393 g/mol. The van der Waals surface area contributed by atoms with Crippen molar-refractivity contribution in [2.75, 3.05) is 0 Å². The van der Waals surface area contributed by atoms with Gasteiger partial charge in [-0.15, -0.1) is 0 Å². The molecule has 102 valence electrons. The summed E-state index contributed by atoms with van der Waals surface area (Å²) >= 11 is 6.79. The second-order valence-corrected chi connectivity index (χ2v) is 5.75. The third kappa shape index (κ3) is 4.05. The molecule has 0 saturated carbocycles. The summed E-state index contributed by atoms with van der Waals surface area (Å²) in [6, 6.07) is 19.5. The molecular weight excluding hydrogens is 382 g/mol. The molecule has 2 aromatic carbocycles. The summed E-state index contributed by atoms with van der Waals surface area (Å²) in [5.41, 5.74) is 2.02. The van der Waals surface area contributed by atoms with Gasteiger partial charge in [0, 0.05) is 11.0 Å². The summed E-state index contributed by atoms with van der Waals surface area (Å²) in [6.45, 7) is 0.504. The van der Waals surface area contributed by atoms with Crippen molar-refractivity contribution in [3.8, 4) is 0 Å². The highest BCUT2D eigenvalue weighted by Crippen LogP contribution is 2.28. The molecular formula is C16H13Br2NO. The molecule has 0 bridgehead atoms. The highest BCUT2D eigenvalue weighted by atomic mass is 79.9. The first-order valence-electron chi connectivity index (χ1n) is 6.11. The van der Waals surface area contributed by atoms with Crippen molar-refractivity contribution < 1.29 is 4.79 Å². The van der Waals surface area contributed by atoms with E-state index in [-0.39, 0.29) is 5.91 Å². The van der Waals surface area contributed by atoms with Crippen LogP contribution in [0.1, 0.15) is 11.1 Å². The topological polar surface area (TPSA) is 29.1 Å². The SMILES string of the molecule is O=C(NCc1ccccc1)/C(Br)=C(\Br)c1ccccc1. The Morgan fingerprint density at radius 3 is 2.05 bits per heavy atom. The Morgan fingerprint density at radius 2 is 1.45 bits per heavy atom. The van der Waals surface area contributed by atoms with Gasteiger partial charge in [-0.2, -0.15) is 0 Å². The van der Waals surface area contributed by atoms with Gasteiger partial charge in [0.25, 0.3) is 5.91 Å². The summed E-state index contributed by atoms with van der Waals surface area (Å²) in [7, 11) is 0. The molecule has 0 spiro atoms. The number of halogens is 2. The van der Waals surface area contributed by atoms with E-state index in [1.807, 2.05) is 60.7 Å². The maximum atomic E-state index is 12.1. The third-order valence-corrected chi connectivity index (χ3v) is 4.86. The third-order valence-electron chi connectivity index (χ3n) is 2.72. The van der Waals surface area contributed by atoms with E-state index in [2.05, 4.69) is 37.2 Å². The first-order valence-corrected chi connectivity index (χ1v) is 7.70. The van der Waals surface area contributed by atoms with Crippen LogP contribution in [-0.2, 0) is 11.3 Å². The zero-order chi connectivity index (χ0) is 14.4. The fraction of sp³-hybridized carbons (Fsp3) is 0.0625. The predicted molar refractivity (Wildman–Crippen MR) is 89.5 cm³/mol. The Kier molecular flexibility index (Phi) is 5.56. The summed E-state index contributed by atoms with van der Waals surface area (Å²) in [6.07, 6.45) is 0. The Balaban J connectivity index is 2.05. The average Bonchev–Trinajstić information content (AvgIpc) is 2.53. The molecule has 0 unspecified atom stereocenters. The maximum absolute atomic E-state index is 12.1. The number of amides is 1. The van der Waals surface area contributed by atoms with Gasteiger partial charge in [0.05, 0.1) is 4.48 Å². The van der Waals surface area contributed by atoms with Crippen LogP contribution in [0.2, 0.25) is 0 Å². The fourth-order valence-electron chi connectivity index (χ4n) is 1.67. The molecule has 20 heavy (non-hydrogen) atoms. The van der Waals surface area contributed by atoms with E-state index in [1.54, 1.807) is 0 Å². The Bertz CT molecular complexity index is 609. The standard InChI is InChI=1S/C16H13Br2NO/c17-14(13-9-5-2-6-10-13)15(18)16(20)19-11-12-7-3-1-4-8-12/h1-10H,11H2,(H,19,20)/b15-14+. The lowest BCUT2D eigenvalue weighted by atomic mass is 10.2. The molecule has 0 heterocycles. The van der Waals surface area contributed by atoms with Crippen LogP contribution in [0.5, 0.6) is 0 Å². The highest BCUT2D eigenvalue weighted by Gasteiger charge is 2.11. The molecule has 1 N–H and O–H groups in total. The van der Waals surface area contributed by atoms with Crippen LogP contribution < -0.4 is 5.32 Å². The zero-order valence-corrected chi connectivity index (χ0v) is 13.8. The normalized spacial score (nSPS) is 11.7. The molecule has 0 aliphatic carbocycles. The number of carbonyl (C=O) groups is 1. The minimum atomic E-state index is -0.149. The van der Waals surface area contributed by atoms with Gasteiger partial charge in [0.2, 0.25) is 0 Å². The molecule has 0 aliphatic rings. The van der Waals surface area contributed by atoms with Gasteiger partial charge in [0.1, 0.15) is 0 Å². The lowest BCUT2D eigenvalue weighted by Gasteiger charge is -2.07. The molecule has 0 fully saturated rings. The lowest BCUT2D eigenvalue weighted by Crippen LogP contribution is -2.22. The zero-order valence-electron chi connectivity index (χ0n) is 10.6. The lowest BCUT2D eigenvalue weighted by molar-refractivity contribution is -0.116. The van der Waals surface area contributed by atoms with Crippen LogP contribution in [0.4, 0.5) is 0 Å². The van der Waals surface area contributed by atoms with Gasteiger partial charge in [-0.1, -0.05) is 60.7 Å². The number of hydrogen-bond acceptors (Lipinski definition) is 1. The molecule has 0 aliphatic heterocycles. The van der Waals surface area contributed by atoms with Crippen molar-refractivity contribution in [1.29, 1.82) is 0 Å². The van der Waals surface area contributed by atoms with Crippen LogP contribution in [0.3, 0.4) is 0 Å². The van der Waals surface area contributed by atoms with Crippen molar-refractivity contribution in [2.45, 2.75) is 6.54 Å². The smallest absolute Gasteiger partial charge is 0.259 e. The van der Waals surface area contributed by atoms with Crippen LogP contribution in [-0.4, -0.2) is 5.91 Å². The van der Waals surface area contributed by atoms with E-state index >= 15 is 0 Å². The Morgan fingerprint density at radius 1 is 0.900 bits per heavy atom. The van der Waals surface area contributed by atoms with Crippen molar-refractivity contribution in [2.24, 2.45) is 0 Å². The van der Waals surface area contributed by atoms with Crippen molar-refractivity contribution in [3.05, 3.63) is 76.3 Å². The molecule has 2 nitrogen and oxygen atoms in total. The molecule has 4 heteroatoms. The van der Waals surface area contributed by atoms with E-state index in [4.69, 9.17) is 0 Å². The molecule has 1 amide bonds. The van der Waals surface area contributed by atoms with E-state index in [1.165, 1.54) is 0 Å². The van der Waals surface area contributed by atoms with Crippen molar-refractivity contribution >= 4 is 42.2 Å². The van der Waals surface area contributed by atoms with E-state index in [9.17, 15) is 4.79 Å². The van der Waals surface area contributed by atoms with Crippen LogP contribution in [0, 0.1) is 0 Å². The summed E-state index contributed by atoms with van der Waals surface area (Å²) in [5.74, 6) is -0.149. The van der Waals surface area contributed by atoms with Crippen LogP contribution in [0.15, 0.2) is 65.1 Å². The molecule has 0 radical (unpaired) electrons.